The molecule has 0 saturated carbocycles. The third kappa shape index (κ3) is 1.88. The molecule has 1 atom stereocenters. The molecule has 3 rings (SSSR count). The van der Waals surface area contributed by atoms with Gasteiger partial charge in [-0.15, -0.1) is 0 Å². The van der Waals surface area contributed by atoms with Gasteiger partial charge in [-0.25, -0.2) is 0 Å². The number of benzene rings is 2. The molecule has 0 aromatic heterocycles. The molecule has 0 N–H and O–H groups in total. The minimum atomic E-state index is -3.39. The van der Waals surface area contributed by atoms with Gasteiger partial charge in [0.15, 0.2) is 0 Å². The molecule has 20 heavy (non-hydrogen) atoms. The largest absolute Gasteiger partial charge is 0.349 e. The minimum Gasteiger partial charge on any atom is -0.293 e. The van der Waals surface area contributed by atoms with Crippen LogP contribution in [-0.4, -0.2) is 11.8 Å². The zero-order chi connectivity index (χ0) is 14.3. The number of rotatable bonds is 2. The first-order valence-electron chi connectivity index (χ1n) is 6.04. The molecule has 0 aliphatic carbocycles. The predicted molar refractivity (Wildman–Crippen MR) is 73.1 cm³/mol. The van der Waals surface area contributed by atoms with Crippen LogP contribution in [0.2, 0.25) is 5.02 Å². The lowest BCUT2D eigenvalue weighted by molar-refractivity contribution is -0.162. The maximum Gasteiger partial charge on any atom is 0.349 e. The van der Waals surface area contributed by atoms with E-state index in [9.17, 15) is 13.6 Å². The van der Waals surface area contributed by atoms with E-state index in [1.165, 1.54) is 12.1 Å². The van der Waals surface area contributed by atoms with E-state index in [0.29, 0.717) is 16.3 Å². The summed E-state index contributed by atoms with van der Waals surface area (Å²) in [6.45, 7) is 0. The maximum absolute atomic E-state index is 13.9. The summed E-state index contributed by atoms with van der Waals surface area (Å²) in [5.74, 6) is -4.56. The van der Waals surface area contributed by atoms with Crippen LogP contribution in [-0.2, 0) is 4.79 Å². The van der Waals surface area contributed by atoms with Crippen LogP contribution < -0.4 is 4.90 Å². The van der Waals surface area contributed by atoms with Crippen molar-refractivity contribution in [3.8, 4) is 0 Å². The fraction of sp³-hybridized carbons (Fsp3) is 0.133. The Kier molecular flexibility index (Phi) is 2.98. The number of carbonyl (C=O) groups is 1. The Labute approximate surface area is 119 Å². The Balaban J connectivity index is 2.02. The van der Waals surface area contributed by atoms with E-state index >= 15 is 0 Å². The third-order valence-corrected chi connectivity index (χ3v) is 3.58. The summed E-state index contributed by atoms with van der Waals surface area (Å²) in [6.07, 6.45) is 0. The molecule has 1 amide bonds. The van der Waals surface area contributed by atoms with Crippen molar-refractivity contribution in [2.45, 2.75) is 12.0 Å². The molecule has 0 radical (unpaired) electrons. The van der Waals surface area contributed by atoms with Crippen LogP contribution in [0.3, 0.4) is 0 Å². The number of β-lactam (4-membered cyclic amide) rings is 1. The van der Waals surface area contributed by atoms with Gasteiger partial charge in [0.2, 0.25) is 0 Å². The van der Waals surface area contributed by atoms with E-state index in [2.05, 4.69) is 0 Å². The highest BCUT2D eigenvalue weighted by Gasteiger charge is 2.64. The van der Waals surface area contributed by atoms with Crippen LogP contribution in [0.5, 0.6) is 0 Å². The first kappa shape index (κ1) is 13.1. The van der Waals surface area contributed by atoms with E-state index in [-0.39, 0.29) is 0 Å². The van der Waals surface area contributed by atoms with E-state index in [1.54, 1.807) is 42.5 Å². The lowest BCUT2D eigenvalue weighted by Gasteiger charge is -2.46. The number of hydrogen-bond acceptors (Lipinski definition) is 1. The lowest BCUT2D eigenvalue weighted by Crippen LogP contribution is -2.64. The zero-order valence-corrected chi connectivity index (χ0v) is 11.0. The van der Waals surface area contributed by atoms with Crippen LogP contribution in [0.15, 0.2) is 54.6 Å². The van der Waals surface area contributed by atoms with Gasteiger partial charge >= 0.3 is 11.8 Å². The molecule has 1 saturated heterocycles. The van der Waals surface area contributed by atoms with Gasteiger partial charge in [-0.2, -0.15) is 8.78 Å². The normalized spacial score (nSPS) is 20.6. The van der Waals surface area contributed by atoms with Crippen molar-refractivity contribution in [1.82, 2.24) is 0 Å². The maximum atomic E-state index is 13.9. The number of carbonyl (C=O) groups excluding carboxylic acids is 1. The van der Waals surface area contributed by atoms with Gasteiger partial charge < -0.3 is 0 Å². The van der Waals surface area contributed by atoms with Crippen LogP contribution in [0, 0.1) is 0 Å². The average molecular weight is 294 g/mol. The quantitative estimate of drug-likeness (QED) is 0.765. The molecule has 0 spiro atoms. The van der Waals surface area contributed by atoms with Crippen LogP contribution in [0.4, 0.5) is 14.5 Å². The summed E-state index contributed by atoms with van der Waals surface area (Å²) in [4.78, 5) is 12.8. The summed E-state index contributed by atoms with van der Waals surface area (Å²) in [5.41, 5.74) is 0.825. The van der Waals surface area contributed by atoms with Gasteiger partial charge in [-0.1, -0.05) is 41.9 Å². The Morgan fingerprint density at radius 1 is 1.00 bits per heavy atom. The minimum absolute atomic E-state index is 0.364. The Morgan fingerprint density at radius 3 is 2.20 bits per heavy atom. The van der Waals surface area contributed by atoms with Crippen molar-refractivity contribution in [1.29, 1.82) is 0 Å². The molecule has 2 aromatic carbocycles. The molecule has 102 valence electrons. The second-order valence-electron chi connectivity index (χ2n) is 4.59. The molecule has 1 fully saturated rings. The SMILES string of the molecule is O=C1N(c2ccccc2)[C@H](c2ccc(Cl)cc2)C1(F)F. The van der Waals surface area contributed by atoms with Crippen molar-refractivity contribution in [2.24, 2.45) is 0 Å². The van der Waals surface area contributed by atoms with Gasteiger partial charge in [-0.05, 0) is 29.8 Å². The summed E-state index contributed by atoms with van der Waals surface area (Å²) in [5, 5.41) is 0.467. The van der Waals surface area contributed by atoms with Crippen LogP contribution in [0.25, 0.3) is 0 Å². The van der Waals surface area contributed by atoms with Crippen LogP contribution in [0.1, 0.15) is 11.6 Å². The van der Waals surface area contributed by atoms with Crippen molar-refractivity contribution >= 4 is 23.2 Å². The topological polar surface area (TPSA) is 20.3 Å². The molecule has 1 aliphatic rings. The fourth-order valence-corrected chi connectivity index (χ4v) is 2.48. The van der Waals surface area contributed by atoms with Gasteiger partial charge in [0.1, 0.15) is 6.04 Å². The second kappa shape index (κ2) is 4.56. The third-order valence-electron chi connectivity index (χ3n) is 3.33. The van der Waals surface area contributed by atoms with Crippen molar-refractivity contribution < 1.29 is 13.6 Å². The lowest BCUT2D eigenvalue weighted by atomic mass is 9.89. The van der Waals surface area contributed by atoms with Gasteiger partial charge in [-0.3, -0.25) is 9.69 Å². The van der Waals surface area contributed by atoms with E-state index < -0.39 is 17.9 Å². The van der Waals surface area contributed by atoms with Crippen molar-refractivity contribution in [2.75, 3.05) is 4.90 Å². The van der Waals surface area contributed by atoms with E-state index in [1.807, 2.05) is 0 Å². The molecule has 1 aliphatic heterocycles. The van der Waals surface area contributed by atoms with Gasteiger partial charge in [0, 0.05) is 10.7 Å². The Hall–Kier alpha value is -1.94. The number of anilines is 1. The van der Waals surface area contributed by atoms with Crippen molar-refractivity contribution in [3.05, 3.63) is 65.2 Å². The Morgan fingerprint density at radius 2 is 1.60 bits per heavy atom. The summed E-state index contributed by atoms with van der Waals surface area (Å²) in [6, 6.07) is 13.3. The highest BCUT2D eigenvalue weighted by molar-refractivity contribution is 6.30. The molecule has 2 aromatic rings. The second-order valence-corrected chi connectivity index (χ2v) is 5.02. The number of halogens is 3. The molecular weight excluding hydrogens is 284 g/mol. The van der Waals surface area contributed by atoms with Gasteiger partial charge in [0.05, 0.1) is 0 Å². The number of alkyl halides is 2. The molecule has 5 heteroatoms. The number of hydrogen-bond donors (Lipinski definition) is 0. The van der Waals surface area contributed by atoms with E-state index in [4.69, 9.17) is 11.6 Å². The van der Waals surface area contributed by atoms with Crippen LogP contribution >= 0.6 is 11.6 Å². The number of amides is 1. The molecule has 0 unspecified atom stereocenters. The smallest absolute Gasteiger partial charge is 0.293 e. The van der Waals surface area contributed by atoms with Crippen molar-refractivity contribution in [3.63, 3.8) is 0 Å². The fourth-order valence-electron chi connectivity index (χ4n) is 2.35. The highest BCUT2D eigenvalue weighted by Crippen LogP contribution is 2.49. The van der Waals surface area contributed by atoms with E-state index in [0.717, 1.165) is 4.90 Å². The first-order valence-corrected chi connectivity index (χ1v) is 6.41. The summed E-state index contributed by atoms with van der Waals surface area (Å²) in [7, 11) is 0. The number of para-hydroxylation sites is 1. The zero-order valence-electron chi connectivity index (χ0n) is 10.3. The average Bonchev–Trinajstić information content (AvgIpc) is 2.46. The highest BCUT2D eigenvalue weighted by atomic mass is 35.5. The molecular formula is C15H10ClF2NO. The standard InChI is InChI=1S/C15H10ClF2NO/c16-11-8-6-10(7-9-11)13-15(17,18)14(20)19(13)12-4-2-1-3-5-12/h1-9,13H/t13-/m1/s1. The Bertz CT molecular complexity index is 643. The summed E-state index contributed by atoms with van der Waals surface area (Å²) < 4.78 is 27.8. The first-order chi connectivity index (χ1) is 9.51. The number of nitrogens with zero attached hydrogens (tertiary/aromatic N) is 1. The molecule has 0 bridgehead atoms. The molecule has 2 nitrogen and oxygen atoms in total. The summed E-state index contributed by atoms with van der Waals surface area (Å²) >= 11 is 5.76. The predicted octanol–water partition coefficient (Wildman–Crippen LogP) is 4.06. The monoisotopic (exact) mass is 293 g/mol. The molecule has 1 heterocycles. The van der Waals surface area contributed by atoms with Gasteiger partial charge in [0.25, 0.3) is 0 Å².